The number of hydrogen-bond donors (Lipinski definition) is 2. The maximum Gasteiger partial charge on any atom is 0.221 e. The Kier molecular flexibility index (Phi) is 7.23. The van der Waals surface area contributed by atoms with Crippen LogP contribution in [0.4, 0.5) is 0 Å². The molecular formula is C13H26N2O. The summed E-state index contributed by atoms with van der Waals surface area (Å²) in [4.78, 5) is 10.9. The van der Waals surface area contributed by atoms with Crippen LogP contribution in [0.15, 0.2) is 0 Å². The van der Waals surface area contributed by atoms with Gasteiger partial charge in [-0.1, -0.05) is 45.4 Å². The molecule has 1 aliphatic rings. The zero-order chi connectivity index (χ0) is 11.6. The van der Waals surface area contributed by atoms with E-state index in [0.29, 0.717) is 12.5 Å². The summed E-state index contributed by atoms with van der Waals surface area (Å²) in [5, 5.41) is 6.27. The van der Waals surface area contributed by atoms with E-state index in [0.717, 1.165) is 13.1 Å². The lowest BCUT2D eigenvalue weighted by Crippen LogP contribution is -2.31. The lowest BCUT2D eigenvalue weighted by atomic mass is 10.1. The third-order valence-corrected chi connectivity index (χ3v) is 3.19. The van der Waals surface area contributed by atoms with Gasteiger partial charge in [0.2, 0.25) is 5.91 Å². The number of amides is 1. The SMILES string of the molecule is CCCCCCCCCNC1CNC(=O)C1. The average molecular weight is 226 g/mol. The molecule has 2 N–H and O–H groups in total. The molecular weight excluding hydrogens is 200 g/mol. The first-order valence-electron chi connectivity index (χ1n) is 6.83. The molecule has 94 valence electrons. The average Bonchev–Trinajstić information content (AvgIpc) is 2.68. The van der Waals surface area contributed by atoms with Gasteiger partial charge in [-0.2, -0.15) is 0 Å². The van der Waals surface area contributed by atoms with Crippen LogP contribution in [0, 0.1) is 0 Å². The Bertz CT molecular complexity index is 194. The number of carbonyl (C=O) groups excluding carboxylic acids is 1. The highest BCUT2D eigenvalue weighted by molar-refractivity contribution is 5.78. The monoisotopic (exact) mass is 226 g/mol. The Morgan fingerprint density at radius 1 is 1.19 bits per heavy atom. The predicted octanol–water partition coefficient (Wildman–Crippen LogP) is 2.22. The van der Waals surface area contributed by atoms with Crippen LogP contribution in [-0.4, -0.2) is 25.0 Å². The highest BCUT2D eigenvalue weighted by Crippen LogP contribution is 2.06. The molecule has 0 aromatic heterocycles. The molecule has 1 fully saturated rings. The molecule has 1 atom stereocenters. The van der Waals surface area contributed by atoms with E-state index in [1.54, 1.807) is 0 Å². The van der Waals surface area contributed by atoms with E-state index >= 15 is 0 Å². The molecule has 1 unspecified atom stereocenters. The van der Waals surface area contributed by atoms with E-state index in [9.17, 15) is 4.79 Å². The number of carbonyl (C=O) groups is 1. The Morgan fingerprint density at radius 2 is 1.88 bits per heavy atom. The van der Waals surface area contributed by atoms with Gasteiger partial charge < -0.3 is 10.6 Å². The summed E-state index contributed by atoms with van der Waals surface area (Å²) < 4.78 is 0. The molecule has 1 saturated heterocycles. The highest BCUT2D eigenvalue weighted by Gasteiger charge is 2.19. The Labute approximate surface area is 99.4 Å². The molecule has 0 aliphatic carbocycles. The van der Waals surface area contributed by atoms with E-state index in [1.807, 2.05) is 0 Å². The summed E-state index contributed by atoms with van der Waals surface area (Å²) >= 11 is 0. The van der Waals surface area contributed by atoms with Gasteiger partial charge in [0.1, 0.15) is 0 Å². The van der Waals surface area contributed by atoms with Crippen molar-refractivity contribution in [3.8, 4) is 0 Å². The third-order valence-electron chi connectivity index (χ3n) is 3.19. The fraction of sp³-hybridized carbons (Fsp3) is 0.923. The second kappa shape index (κ2) is 8.57. The maximum absolute atomic E-state index is 10.9. The van der Waals surface area contributed by atoms with Gasteiger partial charge in [-0.05, 0) is 13.0 Å². The first-order chi connectivity index (χ1) is 7.83. The second-order valence-corrected chi connectivity index (χ2v) is 4.78. The van der Waals surface area contributed by atoms with Gasteiger partial charge in [0.25, 0.3) is 0 Å². The number of hydrogen-bond acceptors (Lipinski definition) is 2. The topological polar surface area (TPSA) is 41.1 Å². The van der Waals surface area contributed by atoms with Crippen LogP contribution >= 0.6 is 0 Å². The summed E-state index contributed by atoms with van der Waals surface area (Å²) in [7, 11) is 0. The summed E-state index contributed by atoms with van der Waals surface area (Å²) in [5.41, 5.74) is 0. The fourth-order valence-electron chi connectivity index (χ4n) is 2.14. The van der Waals surface area contributed by atoms with Crippen molar-refractivity contribution in [3.05, 3.63) is 0 Å². The van der Waals surface area contributed by atoms with Crippen LogP contribution in [-0.2, 0) is 4.79 Å². The van der Waals surface area contributed by atoms with Crippen molar-refractivity contribution in [1.29, 1.82) is 0 Å². The van der Waals surface area contributed by atoms with E-state index in [-0.39, 0.29) is 5.91 Å². The zero-order valence-electron chi connectivity index (χ0n) is 10.6. The number of unbranched alkanes of at least 4 members (excludes halogenated alkanes) is 6. The highest BCUT2D eigenvalue weighted by atomic mass is 16.1. The minimum absolute atomic E-state index is 0.192. The molecule has 0 radical (unpaired) electrons. The van der Waals surface area contributed by atoms with E-state index < -0.39 is 0 Å². The summed E-state index contributed by atoms with van der Waals surface area (Å²) in [5.74, 6) is 0.192. The molecule has 16 heavy (non-hydrogen) atoms. The predicted molar refractivity (Wildman–Crippen MR) is 67.4 cm³/mol. The fourth-order valence-corrected chi connectivity index (χ4v) is 2.14. The molecule has 0 aromatic rings. The molecule has 3 nitrogen and oxygen atoms in total. The molecule has 0 bridgehead atoms. The molecule has 3 heteroatoms. The standard InChI is InChI=1S/C13H26N2O/c1-2-3-4-5-6-7-8-9-14-12-10-13(16)15-11-12/h12,14H,2-11H2,1H3,(H,15,16). The third kappa shape index (κ3) is 6.11. The van der Waals surface area contributed by atoms with Crippen molar-refractivity contribution in [2.45, 2.75) is 64.3 Å². The van der Waals surface area contributed by atoms with E-state index in [1.165, 1.54) is 44.9 Å². The van der Waals surface area contributed by atoms with E-state index in [4.69, 9.17) is 0 Å². The van der Waals surface area contributed by atoms with Crippen LogP contribution in [0.3, 0.4) is 0 Å². The van der Waals surface area contributed by atoms with Gasteiger partial charge >= 0.3 is 0 Å². The molecule has 1 amide bonds. The summed E-state index contributed by atoms with van der Waals surface area (Å²) in [6, 6.07) is 0.382. The second-order valence-electron chi connectivity index (χ2n) is 4.78. The van der Waals surface area contributed by atoms with Crippen molar-refractivity contribution in [3.63, 3.8) is 0 Å². The van der Waals surface area contributed by atoms with Crippen molar-refractivity contribution in [2.24, 2.45) is 0 Å². The van der Waals surface area contributed by atoms with E-state index in [2.05, 4.69) is 17.6 Å². The quantitative estimate of drug-likeness (QED) is 0.592. The van der Waals surface area contributed by atoms with Crippen molar-refractivity contribution >= 4 is 5.91 Å². The zero-order valence-corrected chi connectivity index (χ0v) is 10.6. The van der Waals surface area contributed by atoms with Crippen molar-refractivity contribution < 1.29 is 4.79 Å². The lowest BCUT2D eigenvalue weighted by Gasteiger charge is -2.09. The molecule has 0 aromatic carbocycles. The van der Waals surface area contributed by atoms with Crippen LogP contribution in [0.1, 0.15) is 58.3 Å². The van der Waals surface area contributed by atoms with Gasteiger partial charge in [-0.3, -0.25) is 4.79 Å². The molecule has 1 rings (SSSR count). The molecule has 1 heterocycles. The van der Waals surface area contributed by atoms with Gasteiger partial charge in [-0.15, -0.1) is 0 Å². The number of nitrogens with one attached hydrogen (secondary N) is 2. The maximum atomic E-state index is 10.9. The van der Waals surface area contributed by atoms with Gasteiger partial charge in [0.05, 0.1) is 0 Å². The summed E-state index contributed by atoms with van der Waals surface area (Å²) in [6.07, 6.45) is 10.1. The Hall–Kier alpha value is -0.570. The Balaban J connectivity index is 1.79. The van der Waals surface area contributed by atoms with Crippen LogP contribution in [0.2, 0.25) is 0 Å². The molecule has 0 saturated carbocycles. The normalized spacial score (nSPS) is 20.1. The van der Waals surface area contributed by atoms with Gasteiger partial charge in [0, 0.05) is 19.0 Å². The van der Waals surface area contributed by atoms with Crippen LogP contribution in [0.5, 0.6) is 0 Å². The Morgan fingerprint density at radius 3 is 2.50 bits per heavy atom. The van der Waals surface area contributed by atoms with Crippen molar-refractivity contribution in [1.82, 2.24) is 10.6 Å². The van der Waals surface area contributed by atoms with Crippen LogP contribution in [0.25, 0.3) is 0 Å². The van der Waals surface area contributed by atoms with Gasteiger partial charge in [-0.25, -0.2) is 0 Å². The smallest absolute Gasteiger partial charge is 0.221 e. The minimum atomic E-state index is 0.192. The molecule has 0 spiro atoms. The van der Waals surface area contributed by atoms with Crippen LogP contribution < -0.4 is 10.6 Å². The largest absolute Gasteiger partial charge is 0.354 e. The number of rotatable bonds is 9. The first kappa shape index (κ1) is 13.5. The minimum Gasteiger partial charge on any atom is -0.354 e. The summed E-state index contributed by atoms with van der Waals surface area (Å²) in [6.45, 7) is 4.13. The van der Waals surface area contributed by atoms with Crippen molar-refractivity contribution in [2.75, 3.05) is 13.1 Å². The molecule has 1 aliphatic heterocycles. The lowest BCUT2D eigenvalue weighted by molar-refractivity contribution is -0.119. The first-order valence-corrected chi connectivity index (χ1v) is 6.83. The van der Waals surface area contributed by atoms with Gasteiger partial charge in [0.15, 0.2) is 0 Å².